The van der Waals surface area contributed by atoms with Gasteiger partial charge in [0, 0.05) is 39.4 Å². The number of benzene rings is 1. The number of nitrogens with one attached hydrogen (secondary N) is 1. The molecule has 1 N–H and O–H groups in total. The lowest BCUT2D eigenvalue weighted by Crippen LogP contribution is -2.33. The summed E-state index contributed by atoms with van der Waals surface area (Å²) < 4.78 is 5.06. The van der Waals surface area contributed by atoms with Crippen molar-refractivity contribution in [1.82, 2.24) is 10.2 Å². The van der Waals surface area contributed by atoms with Gasteiger partial charge in [0.25, 0.3) is 0 Å². The molecule has 0 aromatic heterocycles. The molecule has 1 atom stereocenters. The maximum Gasteiger partial charge on any atom is 0.0462 e. The summed E-state index contributed by atoms with van der Waals surface area (Å²) in [5.74, 6) is 0. The first kappa shape index (κ1) is 14.5. The van der Waals surface area contributed by atoms with Crippen LogP contribution in [0.3, 0.4) is 0 Å². The Hall–Kier alpha value is -0.900. The van der Waals surface area contributed by atoms with E-state index in [0.717, 1.165) is 26.1 Å². The minimum Gasteiger partial charge on any atom is -0.385 e. The minimum absolute atomic E-state index is 0.672. The van der Waals surface area contributed by atoms with Crippen molar-refractivity contribution in [3.8, 4) is 0 Å². The van der Waals surface area contributed by atoms with Crippen molar-refractivity contribution < 1.29 is 4.74 Å². The van der Waals surface area contributed by atoms with Crippen LogP contribution in [0.5, 0.6) is 0 Å². The molecule has 1 aliphatic heterocycles. The molecular weight excluding hydrogens is 236 g/mol. The third-order valence-corrected chi connectivity index (χ3v) is 3.73. The summed E-state index contributed by atoms with van der Waals surface area (Å²) in [6.07, 6.45) is 3.64. The van der Waals surface area contributed by atoms with Gasteiger partial charge in [0.05, 0.1) is 0 Å². The third kappa shape index (κ3) is 5.31. The predicted octanol–water partition coefficient (Wildman–Crippen LogP) is 2.28. The smallest absolute Gasteiger partial charge is 0.0462 e. The van der Waals surface area contributed by atoms with E-state index in [1.54, 1.807) is 7.11 Å². The number of unbranched alkanes of at least 4 members (excludes halogenated alkanes) is 1. The van der Waals surface area contributed by atoms with Crippen molar-refractivity contribution in [3.63, 3.8) is 0 Å². The van der Waals surface area contributed by atoms with Crippen LogP contribution in [0.1, 0.15) is 24.8 Å². The monoisotopic (exact) mass is 262 g/mol. The second kappa shape index (κ2) is 8.31. The predicted molar refractivity (Wildman–Crippen MR) is 79.2 cm³/mol. The molecule has 2 rings (SSSR count). The Bertz CT molecular complexity index is 342. The molecule has 0 aliphatic carbocycles. The largest absolute Gasteiger partial charge is 0.385 e. The van der Waals surface area contributed by atoms with E-state index in [1.165, 1.54) is 31.5 Å². The van der Waals surface area contributed by atoms with Gasteiger partial charge in [-0.15, -0.1) is 0 Å². The lowest BCUT2D eigenvalue weighted by Gasteiger charge is -2.16. The second-order valence-corrected chi connectivity index (χ2v) is 5.36. The fraction of sp³-hybridized carbons (Fsp3) is 0.625. The lowest BCUT2D eigenvalue weighted by atomic mass is 10.2. The van der Waals surface area contributed by atoms with E-state index >= 15 is 0 Å². The average molecular weight is 262 g/mol. The van der Waals surface area contributed by atoms with Crippen LogP contribution in [0.4, 0.5) is 0 Å². The molecular formula is C16H26N2O. The SMILES string of the molecule is COCCCCNC1CCN(Cc2ccccc2)C1. The normalized spacial score (nSPS) is 19.9. The van der Waals surface area contributed by atoms with Gasteiger partial charge in [-0.25, -0.2) is 0 Å². The third-order valence-electron chi connectivity index (χ3n) is 3.73. The lowest BCUT2D eigenvalue weighted by molar-refractivity contribution is 0.192. The Kier molecular flexibility index (Phi) is 6.34. The maximum absolute atomic E-state index is 5.06. The zero-order valence-electron chi connectivity index (χ0n) is 12.0. The fourth-order valence-corrected chi connectivity index (χ4v) is 2.66. The van der Waals surface area contributed by atoms with Crippen LogP contribution < -0.4 is 5.32 Å². The number of hydrogen-bond acceptors (Lipinski definition) is 3. The van der Waals surface area contributed by atoms with Crippen LogP contribution >= 0.6 is 0 Å². The highest BCUT2D eigenvalue weighted by Gasteiger charge is 2.21. The van der Waals surface area contributed by atoms with Crippen molar-refractivity contribution in [2.45, 2.75) is 31.8 Å². The molecule has 0 bridgehead atoms. The van der Waals surface area contributed by atoms with Crippen molar-refractivity contribution in [2.75, 3.05) is 33.4 Å². The molecule has 1 aliphatic rings. The highest BCUT2D eigenvalue weighted by Crippen LogP contribution is 2.13. The van der Waals surface area contributed by atoms with Crippen molar-refractivity contribution in [2.24, 2.45) is 0 Å². The summed E-state index contributed by atoms with van der Waals surface area (Å²) in [5, 5.41) is 3.66. The van der Waals surface area contributed by atoms with E-state index in [0.29, 0.717) is 6.04 Å². The molecule has 1 aromatic carbocycles. The van der Waals surface area contributed by atoms with Gasteiger partial charge < -0.3 is 10.1 Å². The second-order valence-electron chi connectivity index (χ2n) is 5.36. The number of rotatable bonds is 8. The quantitative estimate of drug-likeness (QED) is 0.727. The van der Waals surface area contributed by atoms with Gasteiger partial charge in [-0.3, -0.25) is 4.90 Å². The van der Waals surface area contributed by atoms with Crippen molar-refractivity contribution in [3.05, 3.63) is 35.9 Å². The van der Waals surface area contributed by atoms with Crippen LogP contribution in [0.2, 0.25) is 0 Å². The van der Waals surface area contributed by atoms with Crippen molar-refractivity contribution >= 4 is 0 Å². The number of likely N-dealkylation sites (tertiary alicyclic amines) is 1. The molecule has 106 valence electrons. The summed E-state index contributed by atoms with van der Waals surface area (Å²) >= 11 is 0. The first-order chi connectivity index (χ1) is 9.38. The molecule has 1 heterocycles. The molecule has 3 heteroatoms. The fourth-order valence-electron chi connectivity index (χ4n) is 2.66. The standard InChI is InChI=1S/C16H26N2O/c1-19-12-6-5-10-17-16-9-11-18(14-16)13-15-7-3-2-4-8-15/h2-4,7-8,16-17H,5-6,9-14H2,1H3. The summed E-state index contributed by atoms with van der Waals surface area (Å²) in [6, 6.07) is 11.4. The van der Waals surface area contributed by atoms with E-state index in [2.05, 4.69) is 40.5 Å². The van der Waals surface area contributed by atoms with Gasteiger partial charge in [-0.2, -0.15) is 0 Å². The Morgan fingerprint density at radius 1 is 1.26 bits per heavy atom. The van der Waals surface area contributed by atoms with Gasteiger partial charge in [-0.05, 0) is 31.4 Å². The summed E-state index contributed by atoms with van der Waals surface area (Å²) in [7, 11) is 1.77. The molecule has 0 saturated carbocycles. The van der Waals surface area contributed by atoms with Gasteiger partial charge in [-0.1, -0.05) is 30.3 Å². The van der Waals surface area contributed by atoms with Gasteiger partial charge in [0.1, 0.15) is 0 Å². The molecule has 1 fully saturated rings. The molecule has 3 nitrogen and oxygen atoms in total. The topological polar surface area (TPSA) is 24.5 Å². The van der Waals surface area contributed by atoms with E-state index in [1.807, 2.05) is 0 Å². The Labute approximate surface area is 116 Å². The minimum atomic E-state index is 0.672. The molecule has 19 heavy (non-hydrogen) atoms. The van der Waals surface area contributed by atoms with Crippen molar-refractivity contribution in [1.29, 1.82) is 0 Å². The van der Waals surface area contributed by atoms with Gasteiger partial charge in [0.15, 0.2) is 0 Å². The summed E-state index contributed by atoms with van der Waals surface area (Å²) in [5.41, 5.74) is 1.42. The molecule has 0 amide bonds. The molecule has 0 spiro atoms. The molecule has 1 aromatic rings. The number of methoxy groups -OCH3 is 1. The summed E-state index contributed by atoms with van der Waals surface area (Å²) in [6.45, 7) is 5.48. The Morgan fingerprint density at radius 3 is 2.89 bits per heavy atom. The molecule has 1 unspecified atom stereocenters. The Morgan fingerprint density at radius 2 is 2.11 bits per heavy atom. The highest BCUT2D eigenvalue weighted by atomic mass is 16.5. The van der Waals surface area contributed by atoms with Crippen LogP contribution in [0.25, 0.3) is 0 Å². The zero-order valence-corrected chi connectivity index (χ0v) is 12.0. The molecule has 1 saturated heterocycles. The Balaban J connectivity index is 1.60. The number of hydrogen-bond donors (Lipinski definition) is 1. The van der Waals surface area contributed by atoms with Gasteiger partial charge in [0.2, 0.25) is 0 Å². The highest BCUT2D eigenvalue weighted by molar-refractivity contribution is 5.14. The summed E-state index contributed by atoms with van der Waals surface area (Å²) in [4.78, 5) is 2.54. The molecule has 0 radical (unpaired) electrons. The number of nitrogens with zero attached hydrogens (tertiary/aromatic N) is 1. The van der Waals surface area contributed by atoms with Crippen LogP contribution in [0, 0.1) is 0 Å². The van der Waals surface area contributed by atoms with Gasteiger partial charge >= 0.3 is 0 Å². The average Bonchev–Trinajstić information content (AvgIpc) is 2.87. The van der Waals surface area contributed by atoms with E-state index in [9.17, 15) is 0 Å². The van der Waals surface area contributed by atoms with E-state index < -0.39 is 0 Å². The van der Waals surface area contributed by atoms with E-state index in [-0.39, 0.29) is 0 Å². The van der Waals surface area contributed by atoms with Crippen LogP contribution in [-0.4, -0.2) is 44.3 Å². The zero-order chi connectivity index (χ0) is 13.3. The van der Waals surface area contributed by atoms with Crippen LogP contribution in [-0.2, 0) is 11.3 Å². The number of ether oxygens (including phenoxy) is 1. The first-order valence-corrected chi connectivity index (χ1v) is 7.37. The first-order valence-electron chi connectivity index (χ1n) is 7.37. The maximum atomic E-state index is 5.06. The van der Waals surface area contributed by atoms with E-state index in [4.69, 9.17) is 4.74 Å². The van der Waals surface area contributed by atoms with Crippen LogP contribution in [0.15, 0.2) is 30.3 Å².